The summed E-state index contributed by atoms with van der Waals surface area (Å²) in [5, 5.41) is 13.9. The van der Waals surface area contributed by atoms with Crippen LogP contribution in [0.15, 0.2) is 18.2 Å². The standard InChI is InChI=1S/C14H13FN4O2S/c1-7-2-3-8(15)6-9(7)13-18-19-14(22-13)17-12(21)10-4-5-11(20)16-10/h2-3,6,10H,4-5H2,1H3,(H,16,20)(H,17,19,21)/t10-/m0/s1. The number of hydrogen-bond donors (Lipinski definition) is 2. The number of rotatable bonds is 3. The average molecular weight is 320 g/mol. The Balaban J connectivity index is 1.75. The number of carbonyl (C=O) groups excluding carboxylic acids is 2. The van der Waals surface area contributed by atoms with Crippen molar-refractivity contribution in [3.05, 3.63) is 29.6 Å². The molecule has 6 nitrogen and oxygen atoms in total. The van der Waals surface area contributed by atoms with Crippen LogP contribution in [-0.4, -0.2) is 28.1 Å². The molecule has 1 saturated heterocycles. The molecule has 2 heterocycles. The number of aromatic nitrogens is 2. The van der Waals surface area contributed by atoms with Gasteiger partial charge < -0.3 is 5.32 Å². The molecular formula is C14H13FN4O2S. The lowest BCUT2D eigenvalue weighted by Gasteiger charge is -2.07. The monoisotopic (exact) mass is 320 g/mol. The lowest BCUT2D eigenvalue weighted by atomic mass is 10.1. The van der Waals surface area contributed by atoms with E-state index in [4.69, 9.17) is 0 Å². The van der Waals surface area contributed by atoms with E-state index in [1.54, 1.807) is 6.07 Å². The molecule has 22 heavy (non-hydrogen) atoms. The molecule has 1 fully saturated rings. The molecule has 1 aliphatic rings. The van der Waals surface area contributed by atoms with Gasteiger partial charge in [-0.2, -0.15) is 0 Å². The summed E-state index contributed by atoms with van der Waals surface area (Å²) in [4.78, 5) is 23.1. The van der Waals surface area contributed by atoms with E-state index in [9.17, 15) is 14.0 Å². The Hall–Kier alpha value is -2.35. The van der Waals surface area contributed by atoms with Crippen molar-refractivity contribution >= 4 is 28.3 Å². The molecule has 0 aliphatic carbocycles. The third-order valence-electron chi connectivity index (χ3n) is 3.40. The largest absolute Gasteiger partial charge is 0.344 e. The quantitative estimate of drug-likeness (QED) is 0.904. The zero-order valence-corrected chi connectivity index (χ0v) is 12.5. The van der Waals surface area contributed by atoms with Crippen molar-refractivity contribution in [3.63, 3.8) is 0 Å². The van der Waals surface area contributed by atoms with Crippen molar-refractivity contribution in [1.82, 2.24) is 15.5 Å². The molecule has 0 saturated carbocycles. The number of hydrogen-bond acceptors (Lipinski definition) is 5. The lowest BCUT2D eigenvalue weighted by Crippen LogP contribution is -2.37. The van der Waals surface area contributed by atoms with Crippen molar-refractivity contribution in [2.75, 3.05) is 5.32 Å². The van der Waals surface area contributed by atoms with Crippen LogP contribution in [0.3, 0.4) is 0 Å². The molecule has 1 atom stereocenters. The summed E-state index contributed by atoms with van der Waals surface area (Å²) >= 11 is 1.16. The van der Waals surface area contributed by atoms with Crippen LogP contribution in [0.2, 0.25) is 0 Å². The number of halogens is 1. The number of anilines is 1. The summed E-state index contributed by atoms with van der Waals surface area (Å²) in [5.41, 5.74) is 1.52. The number of aryl methyl sites for hydroxylation is 1. The van der Waals surface area contributed by atoms with E-state index in [-0.39, 0.29) is 17.6 Å². The molecule has 1 aliphatic heterocycles. The van der Waals surface area contributed by atoms with Gasteiger partial charge in [-0.1, -0.05) is 17.4 Å². The van der Waals surface area contributed by atoms with Gasteiger partial charge >= 0.3 is 0 Å². The van der Waals surface area contributed by atoms with E-state index >= 15 is 0 Å². The highest BCUT2D eigenvalue weighted by molar-refractivity contribution is 7.18. The number of benzene rings is 1. The average Bonchev–Trinajstić information content (AvgIpc) is 3.11. The third-order valence-corrected chi connectivity index (χ3v) is 4.27. The van der Waals surface area contributed by atoms with Crippen molar-refractivity contribution < 1.29 is 14.0 Å². The predicted octanol–water partition coefficient (Wildman–Crippen LogP) is 1.87. The van der Waals surface area contributed by atoms with E-state index in [0.717, 1.165) is 16.9 Å². The van der Waals surface area contributed by atoms with Gasteiger partial charge in [-0.25, -0.2) is 4.39 Å². The molecule has 1 aromatic carbocycles. The Bertz CT molecular complexity index is 746. The molecule has 2 amide bonds. The molecule has 2 aromatic rings. The molecule has 3 rings (SSSR count). The van der Waals surface area contributed by atoms with E-state index < -0.39 is 6.04 Å². The molecule has 1 aromatic heterocycles. The molecule has 114 valence electrons. The fourth-order valence-corrected chi connectivity index (χ4v) is 3.04. The molecule has 8 heteroatoms. The maximum Gasteiger partial charge on any atom is 0.248 e. The molecular weight excluding hydrogens is 307 g/mol. The molecule has 0 radical (unpaired) electrons. The molecule has 0 spiro atoms. The van der Waals surface area contributed by atoms with Crippen LogP contribution >= 0.6 is 11.3 Å². The first-order chi connectivity index (χ1) is 10.5. The van der Waals surface area contributed by atoms with Gasteiger partial charge in [0.2, 0.25) is 16.9 Å². The fourth-order valence-electron chi connectivity index (χ4n) is 2.21. The second-order valence-corrected chi connectivity index (χ2v) is 6.00. The number of amides is 2. The first-order valence-corrected chi connectivity index (χ1v) is 7.55. The topological polar surface area (TPSA) is 84.0 Å². The highest BCUT2D eigenvalue weighted by Crippen LogP contribution is 2.29. The Morgan fingerprint density at radius 2 is 2.27 bits per heavy atom. The maximum atomic E-state index is 13.3. The van der Waals surface area contributed by atoms with Crippen molar-refractivity contribution in [1.29, 1.82) is 0 Å². The van der Waals surface area contributed by atoms with Gasteiger partial charge in [-0.15, -0.1) is 10.2 Å². The first-order valence-electron chi connectivity index (χ1n) is 6.73. The lowest BCUT2D eigenvalue weighted by molar-refractivity contribution is -0.122. The zero-order valence-electron chi connectivity index (χ0n) is 11.7. The fraction of sp³-hybridized carbons (Fsp3) is 0.286. The van der Waals surface area contributed by atoms with Crippen molar-refractivity contribution in [3.8, 4) is 10.6 Å². The predicted molar refractivity (Wildman–Crippen MR) is 79.8 cm³/mol. The van der Waals surface area contributed by atoms with Crippen LogP contribution in [0.5, 0.6) is 0 Å². The molecule has 0 bridgehead atoms. The van der Waals surface area contributed by atoms with Crippen LogP contribution in [0.4, 0.5) is 9.52 Å². The van der Waals surface area contributed by atoms with Gasteiger partial charge in [0, 0.05) is 12.0 Å². The SMILES string of the molecule is Cc1ccc(F)cc1-c1nnc(NC(=O)[C@@H]2CCC(=O)N2)s1. The van der Waals surface area contributed by atoms with Crippen LogP contribution < -0.4 is 10.6 Å². The van der Waals surface area contributed by atoms with Gasteiger partial charge in [0.05, 0.1) is 0 Å². The minimum Gasteiger partial charge on any atom is -0.344 e. The normalized spacial score (nSPS) is 17.4. The summed E-state index contributed by atoms with van der Waals surface area (Å²) in [6.45, 7) is 1.85. The molecule has 2 N–H and O–H groups in total. The Kier molecular flexibility index (Phi) is 3.84. The summed E-state index contributed by atoms with van der Waals surface area (Å²) in [7, 11) is 0. The van der Waals surface area contributed by atoms with E-state index in [1.807, 2.05) is 6.92 Å². The van der Waals surface area contributed by atoms with Gasteiger partial charge in [0.15, 0.2) is 0 Å². The third kappa shape index (κ3) is 2.96. The van der Waals surface area contributed by atoms with E-state index in [0.29, 0.717) is 28.5 Å². The van der Waals surface area contributed by atoms with Crippen LogP contribution in [0.25, 0.3) is 10.6 Å². The van der Waals surface area contributed by atoms with Crippen LogP contribution in [0, 0.1) is 12.7 Å². The van der Waals surface area contributed by atoms with Gasteiger partial charge in [-0.05, 0) is 31.0 Å². The maximum absolute atomic E-state index is 13.3. The highest BCUT2D eigenvalue weighted by atomic mass is 32.1. The molecule has 0 unspecified atom stereocenters. The number of nitrogens with zero attached hydrogens (tertiary/aromatic N) is 2. The Labute approximate surface area is 129 Å². The van der Waals surface area contributed by atoms with E-state index in [2.05, 4.69) is 20.8 Å². The zero-order chi connectivity index (χ0) is 15.7. The second-order valence-electron chi connectivity index (χ2n) is 5.02. The minimum atomic E-state index is -0.532. The second kappa shape index (κ2) is 5.80. The summed E-state index contributed by atoms with van der Waals surface area (Å²) < 4.78 is 13.3. The van der Waals surface area contributed by atoms with Crippen LogP contribution in [0.1, 0.15) is 18.4 Å². The summed E-state index contributed by atoms with van der Waals surface area (Å²) in [6.07, 6.45) is 0.821. The summed E-state index contributed by atoms with van der Waals surface area (Å²) in [6, 6.07) is 3.90. The van der Waals surface area contributed by atoms with Gasteiger partial charge in [0.25, 0.3) is 0 Å². The Morgan fingerprint density at radius 1 is 1.45 bits per heavy atom. The summed E-state index contributed by atoms with van der Waals surface area (Å²) in [5.74, 6) is -0.798. The van der Waals surface area contributed by atoms with Crippen LogP contribution in [-0.2, 0) is 9.59 Å². The smallest absolute Gasteiger partial charge is 0.248 e. The minimum absolute atomic E-state index is 0.131. The van der Waals surface area contributed by atoms with Gasteiger partial charge in [0.1, 0.15) is 16.9 Å². The number of carbonyl (C=O) groups is 2. The highest BCUT2D eigenvalue weighted by Gasteiger charge is 2.27. The van der Waals surface area contributed by atoms with Gasteiger partial charge in [-0.3, -0.25) is 14.9 Å². The van der Waals surface area contributed by atoms with Crippen molar-refractivity contribution in [2.45, 2.75) is 25.8 Å². The first kappa shape index (κ1) is 14.6. The number of nitrogens with one attached hydrogen (secondary N) is 2. The Morgan fingerprint density at radius 3 is 3.00 bits per heavy atom. The van der Waals surface area contributed by atoms with Crippen molar-refractivity contribution in [2.24, 2.45) is 0 Å². The van der Waals surface area contributed by atoms with E-state index in [1.165, 1.54) is 12.1 Å².